The second-order valence-corrected chi connectivity index (χ2v) is 8.33. The van der Waals surface area contributed by atoms with E-state index in [-0.39, 0.29) is 0 Å². The Balaban J connectivity index is 1.47. The molecule has 0 nitrogen and oxygen atoms in total. The highest BCUT2D eigenvalue weighted by Crippen LogP contribution is 2.36. The van der Waals surface area contributed by atoms with Crippen LogP contribution < -0.4 is 0 Å². The molecule has 0 spiro atoms. The Morgan fingerprint density at radius 2 is 1.09 bits per heavy atom. The second kappa shape index (κ2) is 10.5. The van der Waals surface area contributed by atoms with E-state index in [4.69, 9.17) is 0 Å². The Morgan fingerprint density at radius 1 is 0.682 bits per heavy atom. The molecule has 2 aliphatic rings. The van der Waals surface area contributed by atoms with Crippen LogP contribution in [0.5, 0.6) is 0 Å². The monoisotopic (exact) mass is 304 g/mol. The van der Waals surface area contributed by atoms with Crippen LogP contribution >= 0.6 is 0 Å². The van der Waals surface area contributed by atoms with Crippen molar-refractivity contribution in [2.24, 2.45) is 23.7 Å². The molecule has 0 amide bonds. The fourth-order valence-corrected chi connectivity index (χ4v) is 4.96. The zero-order chi connectivity index (χ0) is 15.6. The van der Waals surface area contributed by atoms with E-state index in [9.17, 15) is 0 Å². The van der Waals surface area contributed by atoms with E-state index >= 15 is 0 Å². The third-order valence-electron chi connectivity index (χ3n) is 6.76. The number of unbranched alkanes of at least 4 members (excludes halogenated alkanes) is 1. The molecule has 128 valence electrons. The topological polar surface area (TPSA) is 0 Å². The van der Waals surface area contributed by atoms with Crippen molar-refractivity contribution in [1.29, 1.82) is 0 Å². The third-order valence-corrected chi connectivity index (χ3v) is 6.76. The molecule has 2 aliphatic carbocycles. The molecule has 0 aliphatic heterocycles. The minimum Gasteiger partial charge on any atom is -0.103 e. The smallest absolute Gasteiger partial charge is 0.0351 e. The maximum absolute atomic E-state index is 3.86. The van der Waals surface area contributed by atoms with Gasteiger partial charge >= 0.3 is 0 Å². The van der Waals surface area contributed by atoms with Crippen LogP contribution in [-0.2, 0) is 0 Å². The molecule has 0 atom stereocenters. The van der Waals surface area contributed by atoms with Gasteiger partial charge in [-0.25, -0.2) is 0 Å². The van der Waals surface area contributed by atoms with E-state index in [0.717, 1.165) is 23.7 Å². The first-order valence-corrected chi connectivity index (χ1v) is 10.4. The molecular weight excluding hydrogens is 264 g/mol. The van der Waals surface area contributed by atoms with Crippen molar-refractivity contribution in [2.45, 2.75) is 103 Å². The molecule has 0 unspecified atom stereocenters. The third kappa shape index (κ3) is 6.47. The second-order valence-electron chi connectivity index (χ2n) is 8.33. The molecule has 2 rings (SSSR count). The van der Waals surface area contributed by atoms with Gasteiger partial charge in [-0.1, -0.05) is 96.5 Å². The van der Waals surface area contributed by atoms with Crippen molar-refractivity contribution in [3.8, 4) is 0 Å². The van der Waals surface area contributed by atoms with Gasteiger partial charge in [-0.15, -0.1) is 6.58 Å². The summed E-state index contributed by atoms with van der Waals surface area (Å²) in [6.07, 6.45) is 24.4. The van der Waals surface area contributed by atoms with E-state index in [0.29, 0.717) is 0 Å². The lowest BCUT2D eigenvalue weighted by Gasteiger charge is -2.29. The van der Waals surface area contributed by atoms with Crippen molar-refractivity contribution in [2.75, 3.05) is 0 Å². The molecule has 0 bridgehead atoms. The van der Waals surface area contributed by atoms with Crippen LogP contribution in [0.15, 0.2) is 12.7 Å². The summed E-state index contributed by atoms with van der Waals surface area (Å²) in [5.41, 5.74) is 0. The first-order valence-electron chi connectivity index (χ1n) is 10.4. The minimum atomic E-state index is 1.02. The zero-order valence-electron chi connectivity index (χ0n) is 15.2. The van der Waals surface area contributed by atoms with Gasteiger partial charge in [-0.3, -0.25) is 0 Å². The Kier molecular flexibility index (Phi) is 8.63. The van der Waals surface area contributed by atoms with Gasteiger partial charge in [0.2, 0.25) is 0 Å². The lowest BCUT2D eigenvalue weighted by Crippen LogP contribution is -2.15. The number of hydrogen-bond donors (Lipinski definition) is 0. The highest BCUT2D eigenvalue weighted by atomic mass is 14.3. The molecule has 0 radical (unpaired) electrons. The first kappa shape index (κ1) is 18.1. The summed E-state index contributed by atoms with van der Waals surface area (Å²) in [6, 6.07) is 0. The summed E-state index contributed by atoms with van der Waals surface area (Å²) in [5, 5.41) is 0. The predicted molar refractivity (Wildman–Crippen MR) is 99.1 cm³/mol. The van der Waals surface area contributed by atoms with E-state index < -0.39 is 0 Å². The van der Waals surface area contributed by atoms with Gasteiger partial charge in [0.1, 0.15) is 0 Å². The Labute approximate surface area is 140 Å². The number of rotatable bonds is 9. The van der Waals surface area contributed by atoms with Crippen LogP contribution in [-0.4, -0.2) is 0 Å². The molecule has 0 aromatic rings. The Morgan fingerprint density at radius 3 is 1.50 bits per heavy atom. The molecule has 0 saturated heterocycles. The van der Waals surface area contributed by atoms with Crippen LogP contribution in [0.1, 0.15) is 103 Å². The summed E-state index contributed by atoms with van der Waals surface area (Å²) < 4.78 is 0. The molecule has 2 fully saturated rings. The molecule has 0 N–H and O–H groups in total. The lowest BCUT2D eigenvalue weighted by molar-refractivity contribution is 0.236. The fraction of sp³-hybridized carbons (Fsp3) is 0.909. The molecule has 0 aromatic heterocycles. The molecular formula is C22H40. The average Bonchev–Trinajstić information content (AvgIpc) is 2.58. The van der Waals surface area contributed by atoms with E-state index in [2.05, 4.69) is 19.6 Å². The van der Waals surface area contributed by atoms with Crippen LogP contribution in [0.25, 0.3) is 0 Å². The Hall–Kier alpha value is -0.260. The molecule has 2 saturated carbocycles. The maximum atomic E-state index is 3.86. The first-order chi connectivity index (χ1) is 10.8. The fourth-order valence-electron chi connectivity index (χ4n) is 4.96. The van der Waals surface area contributed by atoms with Crippen molar-refractivity contribution >= 4 is 0 Å². The van der Waals surface area contributed by atoms with Gasteiger partial charge in [0.05, 0.1) is 0 Å². The maximum Gasteiger partial charge on any atom is -0.0351 e. The number of allylic oxidation sites excluding steroid dienone is 1. The SMILES string of the molecule is C=CCCC1CCC(CCCCC2CCC(CC)CC2)CC1. The largest absolute Gasteiger partial charge is 0.103 e. The summed E-state index contributed by atoms with van der Waals surface area (Å²) >= 11 is 0. The van der Waals surface area contributed by atoms with E-state index in [1.165, 1.54) is 96.3 Å². The zero-order valence-corrected chi connectivity index (χ0v) is 15.2. The number of hydrogen-bond acceptors (Lipinski definition) is 0. The molecule has 0 aromatic carbocycles. The summed E-state index contributed by atoms with van der Waals surface area (Å²) in [5.74, 6) is 4.23. The van der Waals surface area contributed by atoms with Crippen LogP contribution in [0.2, 0.25) is 0 Å². The molecule has 22 heavy (non-hydrogen) atoms. The minimum absolute atomic E-state index is 1.02. The van der Waals surface area contributed by atoms with Gasteiger partial charge in [-0.2, -0.15) is 0 Å². The van der Waals surface area contributed by atoms with Crippen molar-refractivity contribution in [3.63, 3.8) is 0 Å². The van der Waals surface area contributed by atoms with Crippen LogP contribution in [0.4, 0.5) is 0 Å². The summed E-state index contributed by atoms with van der Waals surface area (Å²) in [7, 11) is 0. The molecule has 0 heterocycles. The van der Waals surface area contributed by atoms with Gasteiger partial charge in [0, 0.05) is 0 Å². The van der Waals surface area contributed by atoms with Crippen LogP contribution in [0.3, 0.4) is 0 Å². The standard InChI is InChI=1S/C22H40/c1-3-5-8-20-15-17-22(18-16-20)10-7-6-9-21-13-11-19(4-2)12-14-21/h3,19-22H,1,4-18H2,2H3. The molecule has 0 heteroatoms. The van der Waals surface area contributed by atoms with Gasteiger partial charge in [0.25, 0.3) is 0 Å². The van der Waals surface area contributed by atoms with Gasteiger partial charge in [-0.05, 0) is 36.5 Å². The van der Waals surface area contributed by atoms with Crippen molar-refractivity contribution in [1.82, 2.24) is 0 Å². The predicted octanol–water partition coefficient (Wildman–Crippen LogP) is 7.54. The van der Waals surface area contributed by atoms with Crippen molar-refractivity contribution < 1.29 is 0 Å². The lowest BCUT2D eigenvalue weighted by atomic mass is 9.77. The van der Waals surface area contributed by atoms with Crippen molar-refractivity contribution in [3.05, 3.63) is 12.7 Å². The quantitative estimate of drug-likeness (QED) is 0.305. The average molecular weight is 305 g/mol. The van der Waals surface area contributed by atoms with E-state index in [1.54, 1.807) is 0 Å². The highest BCUT2D eigenvalue weighted by Gasteiger charge is 2.21. The Bertz CT molecular complexity index is 276. The van der Waals surface area contributed by atoms with E-state index in [1.807, 2.05) is 0 Å². The normalized spacial score (nSPS) is 32.8. The summed E-state index contributed by atoms with van der Waals surface area (Å²) in [6.45, 7) is 6.23. The summed E-state index contributed by atoms with van der Waals surface area (Å²) in [4.78, 5) is 0. The van der Waals surface area contributed by atoms with Gasteiger partial charge in [0.15, 0.2) is 0 Å². The van der Waals surface area contributed by atoms with Gasteiger partial charge < -0.3 is 0 Å². The van der Waals surface area contributed by atoms with Crippen LogP contribution in [0, 0.1) is 23.7 Å². The highest BCUT2D eigenvalue weighted by molar-refractivity contribution is 4.76.